The van der Waals surface area contributed by atoms with Crippen molar-refractivity contribution >= 4 is 29.4 Å². The minimum atomic E-state index is -0.725. The Balaban J connectivity index is 1.93. The number of amides is 2. The molecule has 43 heavy (non-hydrogen) atoms. The summed E-state index contributed by atoms with van der Waals surface area (Å²) >= 11 is 0. The van der Waals surface area contributed by atoms with Gasteiger partial charge in [0.05, 0.1) is 18.6 Å². The number of ether oxygens (including phenoxy) is 2. The maximum absolute atomic E-state index is 13.5. The van der Waals surface area contributed by atoms with E-state index in [2.05, 4.69) is 31.4 Å². The Labute approximate surface area is 254 Å². The Hall–Kier alpha value is -4.45. The zero-order chi connectivity index (χ0) is 32.1. The lowest BCUT2D eigenvalue weighted by atomic mass is 9.83. The number of fused-ring (bicyclic) bond motifs is 1. The summed E-state index contributed by atoms with van der Waals surface area (Å²) in [7, 11) is 0. The highest BCUT2D eigenvalue weighted by molar-refractivity contribution is 6.18. The SMILES string of the molecule is C=C(C)C(=O)OCCN1C(=O)C(=C/C=C2\N(CCCOC(=O)C(C)(C)CC)c3ccccc3C2(C)C)C(C)=C(C#N)C1=O. The summed E-state index contributed by atoms with van der Waals surface area (Å²) in [6.07, 6.45) is 4.77. The van der Waals surface area contributed by atoms with E-state index >= 15 is 0 Å². The number of esters is 2. The van der Waals surface area contributed by atoms with E-state index in [4.69, 9.17) is 9.47 Å². The monoisotopic (exact) mass is 587 g/mol. The molecule has 0 unspecified atom stereocenters. The summed E-state index contributed by atoms with van der Waals surface area (Å²) < 4.78 is 10.7. The van der Waals surface area contributed by atoms with Gasteiger partial charge in [-0.25, -0.2) is 4.79 Å². The molecule has 2 aliphatic rings. The molecule has 3 rings (SSSR count). The fourth-order valence-electron chi connectivity index (χ4n) is 4.98. The van der Waals surface area contributed by atoms with E-state index in [1.54, 1.807) is 13.0 Å². The number of benzene rings is 1. The van der Waals surface area contributed by atoms with Crippen LogP contribution in [0.15, 0.2) is 71.0 Å². The van der Waals surface area contributed by atoms with Gasteiger partial charge in [-0.15, -0.1) is 0 Å². The second kappa shape index (κ2) is 13.2. The van der Waals surface area contributed by atoms with Crippen molar-refractivity contribution < 1.29 is 28.7 Å². The van der Waals surface area contributed by atoms with E-state index in [1.165, 1.54) is 6.92 Å². The lowest BCUT2D eigenvalue weighted by Crippen LogP contribution is -2.44. The second-order valence-electron chi connectivity index (χ2n) is 11.9. The number of hydrogen-bond donors (Lipinski definition) is 0. The molecule has 0 saturated carbocycles. The number of anilines is 1. The van der Waals surface area contributed by atoms with Crippen molar-refractivity contribution in [3.8, 4) is 6.07 Å². The van der Waals surface area contributed by atoms with Crippen molar-refractivity contribution in [3.63, 3.8) is 0 Å². The summed E-state index contributed by atoms with van der Waals surface area (Å²) in [4.78, 5) is 53.8. The number of rotatable bonds is 11. The number of carbonyl (C=O) groups excluding carboxylic acids is 4. The topological polar surface area (TPSA) is 117 Å². The average molecular weight is 588 g/mol. The van der Waals surface area contributed by atoms with Gasteiger partial charge in [-0.1, -0.05) is 45.5 Å². The minimum absolute atomic E-state index is 0.141. The number of allylic oxidation sites excluding steroid dienone is 3. The highest BCUT2D eigenvalue weighted by Gasteiger charge is 2.40. The van der Waals surface area contributed by atoms with Crippen LogP contribution in [0.5, 0.6) is 0 Å². The summed E-state index contributed by atoms with van der Waals surface area (Å²) in [5, 5.41) is 9.74. The molecule has 2 heterocycles. The zero-order valence-corrected chi connectivity index (χ0v) is 26.2. The highest BCUT2D eigenvalue weighted by Crippen LogP contribution is 2.47. The molecule has 0 saturated heterocycles. The lowest BCUT2D eigenvalue weighted by Gasteiger charge is -2.29. The highest BCUT2D eigenvalue weighted by atomic mass is 16.5. The number of hydrogen-bond acceptors (Lipinski definition) is 8. The molecule has 0 radical (unpaired) electrons. The molecule has 0 atom stereocenters. The second-order valence-corrected chi connectivity index (χ2v) is 11.9. The lowest BCUT2D eigenvalue weighted by molar-refractivity contribution is -0.154. The van der Waals surface area contributed by atoms with E-state index in [0.29, 0.717) is 19.4 Å². The summed E-state index contributed by atoms with van der Waals surface area (Å²) in [5.41, 5.74) is 2.64. The normalized spacial score (nSPS) is 18.2. The van der Waals surface area contributed by atoms with Gasteiger partial charge in [-0.05, 0) is 69.9 Å². The van der Waals surface area contributed by atoms with Crippen LogP contribution in [0.2, 0.25) is 0 Å². The first-order chi connectivity index (χ1) is 20.2. The van der Waals surface area contributed by atoms with Crippen LogP contribution in [0.4, 0.5) is 5.69 Å². The number of imide groups is 1. The third-order valence-electron chi connectivity index (χ3n) is 8.12. The third kappa shape index (κ3) is 6.80. The molecule has 0 aromatic heterocycles. The molecule has 0 bridgehead atoms. The van der Waals surface area contributed by atoms with Gasteiger partial charge in [0.15, 0.2) is 0 Å². The molecule has 9 heteroatoms. The fraction of sp³-hybridized carbons (Fsp3) is 0.441. The van der Waals surface area contributed by atoms with Gasteiger partial charge in [0.1, 0.15) is 18.2 Å². The number of para-hydroxylation sites is 1. The molecule has 0 spiro atoms. The van der Waals surface area contributed by atoms with Crippen molar-refractivity contribution in [2.24, 2.45) is 5.41 Å². The van der Waals surface area contributed by atoms with E-state index in [-0.39, 0.29) is 48.0 Å². The third-order valence-corrected chi connectivity index (χ3v) is 8.12. The molecular formula is C34H41N3O6. The molecule has 2 amide bonds. The van der Waals surface area contributed by atoms with Gasteiger partial charge in [0.25, 0.3) is 11.8 Å². The van der Waals surface area contributed by atoms with Crippen LogP contribution in [0.1, 0.15) is 66.9 Å². The Morgan fingerprint density at radius 3 is 2.35 bits per heavy atom. The average Bonchev–Trinajstić information content (AvgIpc) is 3.18. The molecule has 228 valence electrons. The maximum atomic E-state index is 13.5. The molecule has 0 aliphatic carbocycles. The van der Waals surface area contributed by atoms with Crippen LogP contribution in [0, 0.1) is 16.7 Å². The molecule has 2 aliphatic heterocycles. The Kier molecular flexibility index (Phi) is 10.2. The molecule has 1 aromatic rings. The van der Waals surface area contributed by atoms with Gasteiger partial charge in [-0.2, -0.15) is 5.26 Å². The Bertz CT molecular complexity index is 1470. The van der Waals surface area contributed by atoms with Crippen LogP contribution >= 0.6 is 0 Å². The predicted molar refractivity (Wildman–Crippen MR) is 163 cm³/mol. The van der Waals surface area contributed by atoms with Crippen LogP contribution in [0.3, 0.4) is 0 Å². The van der Waals surface area contributed by atoms with Crippen LogP contribution in [-0.2, 0) is 34.1 Å². The summed E-state index contributed by atoms with van der Waals surface area (Å²) in [6.45, 7) is 16.9. The van der Waals surface area contributed by atoms with Gasteiger partial charge in [0, 0.05) is 34.5 Å². The summed E-state index contributed by atoms with van der Waals surface area (Å²) in [6, 6.07) is 9.98. The molecule has 1 aromatic carbocycles. The zero-order valence-electron chi connectivity index (χ0n) is 26.2. The first-order valence-electron chi connectivity index (χ1n) is 14.5. The standard InChI is InChI=1S/C34H41N3O6/c1-9-33(5,6)32(41)43-19-12-17-36-27-14-11-10-13-26(27)34(7,8)28(36)16-15-24-23(4)25(21-35)30(39)37(29(24)38)18-20-42-31(40)22(2)3/h10-11,13-16H,2,9,12,17-20H2,1,3-8H3/b24-15?,28-16-. The molecule has 9 nitrogen and oxygen atoms in total. The predicted octanol–water partition coefficient (Wildman–Crippen LogP) is 5.29. The van der Waals surface area contributed by atoms with Crippen molar-refractivity contribution in [2.45, 2.75) is 66.7 Å². The van der Waals surface area contributed by atoms with Gasteiger partial charge in [-0.3, -0.25) is 19.3 Å². The van der Waals surface area contributed by atoms with Crippen LogP contribution in [0.25, 0.3) is 0 Å². The minimum Gasteiger partial charge on any atom is -0.465 e. The summed E-state index contributed by atoms with van der Waals surface area (Å²) in [5.74, 6) is -2.15. The maximum Gasteiger partial charge on any atom is 0.333 e. The number of nitriles is 1. The van der Waals surface area contributed by atoms with Gasteiger partial charge in [0.2, 0.25) is 0 Å². The van der Waals surface area contributed by atoms with Gasteiger partial charge < -0.3 is 14.4 Å². The quantitative estimate of drug-likeness (QED) is 0.148. The number of carbonyl (C=O) groups is 4. The van der Waals surface area contributed by atoms with Gasteiger partial charge >= 0.3 is 11.9 Å². The molecule has 0 N–H and O–H groups in total. The van der Waals surface area contributed by atoms with Crippen LogP contribution < -0.4 is 4.90 Å². The van der Waals surface area contributed by atoms with E-state index in [0.717, 1.165) is 21.8 Å². The Morgan fingerprint density at radius 1 is 1.05 bits per heavy atom. The fourth-order valence-corrected chi connectivity index (χ4v) is 4.98. The molecule has 0 fully saturated rings. The van der Waals surface area contributed by atoms with E-state index in [1.807, 2.05) is 51.1 Å². The Morgan fingerprint density at radius 2 is 1.72 bits per heavy atom. The first kappa shape index (κ1) is 33.1. The van der Waals surface area contributed by atoms with E-state index in [9.17, 15) is 24.4 Å². The van der Waals surface area contributed by atoms with Crippen molar-refractivity contribution in [1.82, 2.24) is 4.90 Å². The van der Waals surface area contributed by atoms with Crippen molar-refractivity contribution in [1.29, 1.82) is 5.26 Å². The molecular weight excluding hydrogens is 546 g/mol. The largest absolute Gasteiger partial charge is 0.465 e. The van der Waals surface area contributed by atoms with Crippen molar-refractivity contribution in [3.05, 3.63) is 76.5 Å². The number of nitrogens with zero attached hydrogens (tertiary/aromatic N) is 3. The smallest absolute Gasteiger partial charge is 0.333 e. The van der Waals surface area contributed by atoms with E-state index < -0.39 is 28.6 Å². The first-order valence-corrected chi connectivity index (χ1v) is 14.5. The van der Waals surface area contributed by atoms with Crippen LogP contribution in [-0.4, -0.2) is 55.0 Å². The van der Waals surface area contributed by atoms with Crippen molar-refractivity contribution in [2.75, 3.05) is 31.2 Å².